The zero-order chi connectivity index (χ0) is 36.6. The van der Waals surface area contributed by atoms with Gasteiger partial charge in [-0.3, -0.25) is 11.5 Å². The van der Waals surface area contributed by atoms with Crippen LogP contribution in [0.2, 0.25) is 10.0 Å². The Morgan fingerprint density at radius 3 is 1.40 bits per heavy atom. The molecule has 0 saturated carbocycles. The van der Waals surface area contributed by atoms with Crippen LogP contribution in [0.4, 0.5) is 26.3 Å². The summed E-state index contributed by atoms with van der Waals surface area (Å²) in [6, 6.07) is 5.17. The zero-order valence-electron chi connectivity index (χ0n) is 25.3. The van der Waals surface area contributed by atoms with Gasteiger partial charge in [0, 0.05) is 23.2 Å². The summed E-state index contributed by atoms with van der Waals surface area (Å²) < 4.78 is 100. The Labute approximate surface area is 298 Å². The summed E-state index contributed by atoms with van der Waals surface area (Å²) in [6.07, 6.45) is -9.39. The van der Waals surface area contributed by atoms with E-state index in [-0.39, 0.29) is 47.6 Å². The number of ether oxygens (including phenoxy) is 4. The number of halogens is 8. The van der Waals surface area contributed by atoms with Gasteiger partial charge in [-0.05, 0) is 49.2 Å². The lowest BCUT2D eigenvalue weighted by atomic mass is 10.1. The molecule has 10 nitrogen and oxygen atoms in total. The number of rotatable bonds is 14. The number of aromatic nitrogens is 2. The molecule has 4 aromatic rings. The lowest BCUT2D eigenvalue weighted by molar-refractivity contribution is -0.175. The molecule has 0 fully saturated rings. The number of hydrogen-bond acceptors (Lipinski definition) is 12. The largest absolute Gasteiger partial charge is 0.492 e. The molecule has 4 N–H and O–H groups in total. The number of carbonyl (C=O) groups excluding carboxylic acids is 2. The van der Waals surface area contributed by atoms with Crippen molar-refractivity contribution in [2.24, 2.45) is 11.5 Å². The highest BCUT2D eigenvalue weighted by Crippen LogP contribution is 2.37. The van der Waals surface area contributed by atoms with Gasteiger partial charge in [0.1, 0.15) is 21.5 Å². The number of nitrogens with zero attached hydrogens (tertiary/aromatic N) is 2. The molecule has 0 radical (unpaired) electrons. The van der Waals surface area contributed by atoms with Crippen molar-refractivity contribution in [3.05, 3.63) is 90.7 Å². The van der Waals surface area contributed by atoms with E-state index in [2.05, 4.69) is 9.97 Å². The maximum absolute atomic E-state index is 13.1. The first-order valence-electron chi connectivity index (χ1n) is 14.2. The van der Waals surface area contributed by atoms with Gasteiger partial charge in [-0.25, -0.2) is 19.6 Å². The van der Waals surface area contributed by atoms with Crippen LogP contribution in [0.1, 0.15) is 45.8 Å². The van der Waals surface area contributed by atoms with Crippen molar-refractivity contribution in [2.75, 3.05) is 13.2 Å². The van der Waals surface area contributed by atoms with Crippen LogP contribution in [0, 0.1) is 0 Å². The third-order valence-corrected chi connectivity index (χ3v) is 9.31. The van der Waals surface area contributed by atoms with E-state index in [1.165, 1.54) is 12.4 Å². The van der Waals surface area contributed by atoms with Crippen molar-refractivity contribution in [3.63, 3.8) is 0 Å². The highest BCUT2D eigenvalue weighted by molar-refractivity contribution is 7.09. The average Bonchev–Trinajstić information content (AvgIpc) is 3.77. The van der Waals surface area contributed by atoms with Crippen LogP contribution in [0.15, 0.2) is 59.6 Å². The minimum absolute atomic E-state index is 0.0227. The van der Waals surface area contributed by atoms with Crippen LogP contribution >= 0.6 is 45.9 Å². The van der Waals surface area contributed by atoms with Gasteiger partial charge in [0.25, 0.3) is 0 Å². The van der Waals surface area contributed by atoms with Gasteiger partial charge in [-0.15, -0.1) is 22.7 Å². The van der Waals surface area contributed by atoms with Crippen molar-refractivity contribution >= 4 is 57.8 Å². The van der Waals surface area contributed by atoms with Gasteiger partial charge in [0.2, 0.25) is 0 Å². The zero-order valence-corrected chi connectivity index (χ0v) is 28.4. The monoisotopic (exact) mass is 786 g/mol. The van der Waals surface area contributed by atoms with Crippen molar-refractivity contribution in [3.8, 4) is 11.5 Å². The Balaban J connectivity index is 1.37. The van der Waals surface area contributed by atoms with E-state index in [1.807, 2.05) is 0 Å². The summed E-state index contributed by atoms with van der Waals surface area (Å²) in [4.78, 5) is 33.8. The second-order valence-electron chi connectivity index (χ2n) is 10.3. The molecule has 2 aromatic heterocycles. The second-order valence-corrected chi connectivity index (χ2v) is 12.9. The van der Waals surface area contributed by atoms with E-state index in [0.29, 0.717) is 10.0 Å². The number of alkyl halides is 6. The lowest BCUT2D eigenvalue weighted by Crippen LogP contribution is -2.41. The number of thiazole rings is 2. The van der Waals surface area contributed by atoms with Crippen LogP contribution < -0.4 is 20.9 Å². The maximum Gasteiger partial charge on any atom is 0.419 e. The molecule has 4 unspecified atom stereocenters. The van der Waals surface area contributed by atoms with Crippen molar-refractivity contribution in [1.29, 1.82) is 0 Å². The van der Waals surface area contributed by atoms with Crippen LogP contribution in [0.3, 0.4) is 0 Å². The summed E-state index contributed by atoms with van der Waals surface area (Å²) in [5.74, 6) is -5.23. The summed E-state index contributed by atoms with van der Waals surface area (Å²) in [7, 11) is 0. The number of esters is 2. The fourth-order valence-corrected chi connectivity index (χ4v) is 6.34. The molecular formula is C30H26Cl2F6N4O6S2. The number of carbonyl (C=O) groups is 2. The van der Waals surface area contributed by atoms with Crippen molar-refractivity contribution in [2.45, 2.75) is 49.5 Å². The van der Waals surface area contributed by atoms with Crippen LogP contribution in [0.5, 0.6) is 11.5 Å². The third-order valence-electron chi connectivity index (χ3n) is 6.87. The first kappa shape index (κ1) is 39.1. The number of hydrogen-bond donors (Lipinski definition) is 2. The summed E-state index contributed by atoms with van der Waals surface area (Å²) in [5, 5.41) is 3.83. The van der Waals surface area contributed by atoms with Crippen molar-refractivity contribution < 1.29 is 54.9 Å². The second kappa shape index (κ2) is 17.0. The van der Waals surface area contributed by atoms with E-state index in [1.54, 1.807) is 10.8 Å². The van der Waals surface area contributed by atoms with E-state index in [0.717, 1.165) is 59.1 Å². The molecule has 20 heteroatoms. The minimum atomic E-state index is -4.63. The smallest absolute Gasteiger partial charge is 0.419 e. The van der Waals surface area contributed by atoms with Gasteiger partial charge < -0.3 is 18.9 Å². The average molecular weight is 788 g/mol. The summed E-state index contributed by atoms with van der Waals surface area (Å²) in [5.41, 5.74) is 10.3. The molecule has 2 aromatic carbocycles. The molecule has 0 saturated heterocycles. The minimum Gasteiger partial charge on any atom is -0.492 e. The van der Waals surface area contributed by atoms with E-state index in [9.17, 15) is 35.9 Å². The molecule has 0 aliphatic heterocycles. The summed E-state index contributed by atoms with van der Waals surface area (Å²) in [6.45, 7) is -0.454. The Morgan fingerprint density at radius 2 is 1.08 bits per heavy atom. The molecular weight excluding hydrogens is 761 g/mol. The van der Waals surface area contributed by atoms with E-state index in [4.69, 9.17) is 53.6 Å². The number of benzene rings is 2. The van der Waals surface area contributed by atoms with Crippen LogP contribution in [-0.2, 0) is 31.4 Å². The Bertz CT molecular complexity index is 1610. The molecule has 0 spiro atoms. The molecule has 0 bridgehead atoms. The highest BCUT2D eigenvalue weighted by Gasteiger charge is 2.34. The van der Waals surface area contributed by atoms with Gasteiger partial charge in [0.15, 0.2) is 12.5 Å². The van der Waals surface area contributed by atoms with Gasteiger partial charge in [-0.2, -0.15) is 26.3 Å². The molecule has 0 aliphatic rings. The quantitative estimate of drug-likeness (QED) is 0.0573. The van der Waals surface area contributed by atoms with Crippen molar-refractivity contribution in [1.82, 2.24) is 9.97 Å². The van der Waals surface area contributed by atoms with E-state index < -0.39 is 59.7 Å². The third kappa shape index (κ3) is 10.7. The predicted molar refractivity (Wildman–Crippen MR) is 171 cm³/mol. The fraction of sp³-hybridized carbons (Fsp3) is 0.333. The topological polar surface area (TPSA) is 149 Å². The first-order valence-corrected chi connectivity index (χ1v) is 16.8. The predicted octanol–water partition coefficient (Wildman–Crippen LogP) is 7.41. The van der Waals surface area contributed by atoms with Gasteiger partial charge in [-0.1, -0.05) is 23.2 Å². The molecule has 4 rings (SSSR count). The lowest BCUT2D eigenvalue weighted by Gasteiger charge is -2.24. The molecule has 0 amide bonds. The molecule has 2 heterocycles. The van der Waals surface area contributed by atoms with Gasteiger partial charge in [0.05, 0.1) is 46.2 Å². The summed E-state index contributed by atoms with van der Waals surface area (Å²) >= 11 is 14.3. The van der Waals surface area contributed by atoms with Crippen LogP contribution in [0.25, 0.3) is 0 Å². The van der Waals surface area contributed by atoms with E-state index >= 15 is 0 Å². The highest BCUT2D eigenvalue weighted by atomic mass is 35.5. The maximum atomic E-state index is 13.1. The number of nitrogens with two attached hydrogens (primary N) is 2. The first-order chi connectivity index (χ1) is 23.5. The fourth-order valence-electron chi connectivity index (χ4n) is 4.37. The Kier molecular flexibility index (Phi) is 13.3. The SMILES string of the molecule is NC(OC(=O)C(=O)OC(N)C(CCOc1cc(C(F)(F)F)ccc1Cl)c1nccs1)C(CCOc1cc(C(F)(F)F)ccc1Cl)c1nccs1. The molecule has 0 aliphatic carbocycles. The standard InChI is InChI=1S/C30H26Cl2F6N4O6S2/c31-19-3-1-15(29(33,34)35)13-21(19)45-9-5-17(25-41-7-11-49-25)23(39)47-27(43)28(44)48-24(40)18(26-42-8-12-50-26)6-10-46-22-14-16(30(36,37)38)2-4-20(22)32/h1-4,7-8,11-14,17-18,23-24H,5-6,9-10,39-40H2. The Hall–Kier alpha value is -3.68. The van der Waals surface area contributed by atoms with Crippen LogP contribution in [-0.4, -0.2) is 47.6 Å². The molecule has 4 atom stereocenters. The molecule has 50 heavy (non-hydrogen) atoms. The normalized spacial score (nSPS) is 14.4. The van der Waals surface area contributed by atoms with Gasteiger partial charge >= 0.3 is 24.3 Å². The Morgan fingerprint density at radius 1 is 0.700 bits per heavy atom. The molecule has 270 valence electrons.